The number of halogens is 1. The van der Waals surface area contributed by atoms with Gasteiger partial charge >= 0.3 is 0 Å². The van der Waals surface area contributed by atoms with E-state index in [4.69, 9.17) is 9.97 Å². The maximum absolute atomic E-state index is 13.3. The molecule has 18 heteroatoms. The number of amides is 1. The average Bonchev–Trinajstić information content (AvgIpc) is 3.83. The van der Waals surface area contributed by atoms with Crippen molar-refractivity contribution < 1.29 is 19.7 Å². The van der Waals surface area contributed by atoms with Crippen LogP contribution < -0.4 is 30.5 Å². The zero-order valence-electron chi connectivity index (χ0n) is 35.5. The number of fused-ring (bicyclic) bond motifs is 2. The molecule has 0 spiro atoms. The molecular formula is C44H56BrN13O4. The third kappa shape index (κ3) is 9.72. The summed E-state index contributed by atoms with van der Waals surface area (Å²) >= 11 is 3.65. The molecule has 2 saturated heterocycles. The zero-order chi connectivity index (χ0) is 43.3. The number of benzene rings is 1. The van der Waals surface area contributed by atoms with Gasteiger partial charge in [0.2, 0.25) is 5.91 Å². The van der Waals surface area contributed by atoms with E-state index in [1.807, 2.05) is 73.0 Å². The van der Waals surface area contributed by atoms with Gasteiger partial charge in [0.15, 0.2) is 23.7 Å². The number of piperidine rings is 2. The van der Waals surface area contributed by atoms with Crippen LogP contribution in [0.5, 0.6) is 0 Å². The normalized spacial score (nSPS) is 18.2. The fourth-order valence-electron chi connectivity index (χ4n) is 8.84. The van der Waals surface area contributed by atoms with E-state index < -0.39 is 0 Å². The zero-order valence-corrected chi connectivity index (χ0v) is 37.1. The molecule has 0 saturated carbocycles. The highest BCUT2D eigenvalue weighted by Gasteiger charge is 2.32. The first-order chi connectivity index (χ1) is 30.1. The maximum atomic E-state index is 13.3. The Morgan fingerprint density at radius 3 is 2.24 bits per heavy atom. The summed E-state index contributed by atoms with van der Waals surface area (Å²) in [6.45, 7) is 4.87. The number of carbonyl (C=O) groups excluding carboxylic acids is 1. The number of aliphatic hydroxyl groups excluding tert-OH is 2. The number of aliphatic hydroxyl groups is 2. The molecule has 8 rings (SSSR count). The minimum atomic E-state index is -0.0725. The second-order valence-electron chi connectivity index (χ2n) is 16.8. The number of rotatable bonds is 16. The van der Waals surface area contributed by atoms with Crippen LogP contribution in [-0.4, -0.2) is 109 Å². The van der Waals surface area contributed by atoms with Crippen molar-refractivity contribution in [1.82, 2.24) is 34.1 Å². The summed E-state index contributed by atoms with van der Waals surface area (Å²) in [4.78, 5) is 28.8. The van der Waals surface area contributed by atoms with Crippen LogP contribution in [0.15, 0.2) is 71.7 Å². The SMILES string of the molecule is Cc1cnn2c(NCc3cc(C4CC[C@@H](CCO)N(c5cc(NCc6ccc(NC(=O)CN(C)C)cc6)n6ncc(Br)c6n5)C4)c[n+]([O-])c3)cc(N3CCCC[C@@H]3CCO)nc12. The van der Waals surface area contributed by atoms with E-state index in [9.17, 15) is 20.2 Å². The molecule has 0 aliphatic carbocycles. The second kappa shape index (κ2) is 19.2. The predicted molar refractivity (Wildman–Crippen MR) is 244 cm³/mol. The Bertz CT molecular complexity index is 2490. The number of nitrogens with zero attached hydrogens (tertiary/aromatic N) is 10. The van der Waals surface area contributed by atoms with Crippen molar-refractivity contribution in [2.45, 2.75) is 83.0 Å². The van der Waals surface area contributed by atoms with Crippen LogP contribution in [-0.2, 0) is 17.9 Å². The Balaban J connectivity index is 1.02. The van der Waals surface area contributed by atoms with Gasteiger partial charge in [-0.25, -0.2) is 9.97 Å². The van der Waals surface area contributed by atoms with Gasteiger partial charge in [-0.15, -0.1) is 0 Å². The Hall–Kier alpha value is -5.56. The van der Waals surface area contributed by atoms with Gasteiger partial charge < -0.3 is 46.1 Å². The van der Waals surface area contributed by atoms with E-state index in [0.29, 0.717) is 44.7 Å². The van der Waals surface area contributed by atoms with Crippen molar-refractivity contribution in [2.75, 3.05) is 72.7 Å². The highest BCUT2D eigenvalue weighted by Crippen LogP contribution is 2.36. The molecule has 3 atom stereocenters. The van der Waals surface area contributed by atoms with Crippen molar-refractivity contribution in [2.24, 2.45) is 0 Å². The lowest BCUT2D eigenvalue weighted by Gasteiger charge is -2.40. The van der Waals surface area contributed by atoms with Crippen molar-refractivity contribution in [3.8, 4) is 0 Å². The molecular weight excluding hydrogens is 854 g/mol. The molecule has 5 N–H and O–H groups in total. The monoisotopic (exact) mass is 909 g/mol. The van der Waals surface area contributed by atoms with Crippen LogP contribution >= 0.6 is 15.9 Å². The van der Waals surface area contributed by atoms with Crippen molar-refractivity contribution in [3.63, 3.8) is 0 Å². The Morgan fingerprint density at radius 2 is 1.52 bits per heavy atom. The third-order valence-electron chi connectivity index (χ3n) is 11.9. The van der Waals surface area contributed by atoms with E-state index in [1.165, 1.54) is 0 Å². The van der Waals surface area contributed by atoms with Gasteiger partial charge in [0.1, 0.15) is 23.3 Å². The number of carbonyl (C=O) groups is 1. The maximum Gasteiger partial charge on any atom is 0.238 e. The standard InChI is InChI=1S/C44H56BrN13O4/c1-29-21-48-57-38(19-40(51-43(29)57)55-15-5-4-6-35(55)13-16-59)47-23-31-18-33(26-54(62)25-31)32-9-12-36(14-17-60)56(27-32)41-20-39(58-44(52-41)37(45)24-49-58)46-22-30-7-10-34(11-8-30)50-42(61)28-53(2)3/h7-8,10-11,18-21,24-26,32,35-36,46-47,59-60H,4-6,9,12-17,22-23,27-28H2,1-3H3,(H,50,61)/t32?,35-,36+/m1/s1. The molecule has 0 radical (unpaired) electrons. The molecule has 2 aliphatic heterocycles. The molecule has 328 valence electrons. The fourth-order valence-corrected chi connectivity index (χ4v) is 9.19. The fraction of sp³-hybridized carbons (Fsp3) is 0.455. The van der Waals surface area contributed by atoms with Gasteiger partial charge in [-0.2, -0.15) is 24.0 Å². The van der Waals surface area contributed by atoms with Gasteiger partial charge in [-0.1, -0.05) is 12.1 Å². The van der Waals surface area contributed by atoms with Crippen LogP contribution in [0.25, 0.3) is 11.3 Å². The van der Waals surface area contributed by atoms with E-state index in [-0.39, 0.29) is 37.1 Å². The second-order valence-corrected chi connectivity index (χ2v) is 17.6. The minimum Gasteiger partial charge on any atom is -0.619 e. The summed E-state index contributed by atoms with van der Waals surface area (Å²) in [7, 11) is 3.72. The molecule has 1 unspecified atom stereocenters. The van der Waals surface area contributed by atoms with E-state index >= 15 is 0 Å². The van der Waals surface area contributed by atoms with Crippen molar-refractivity contribution in [1.29, 1.82) is 0 Å². The molecule has 1 aromatic carbocycles. The van der Waals surface area contributed by atoms with Gasteiger partial charge in [0, 0.05) is 91.9 Å². The molecule has 7 heterocycles. The van der Waals surface area contributed by atoms with Crippen molar-refractivity contribution in [3.05, 3.63) is 99.2 Å². The van der Waals surface area contributed by atoms with Gasteiger partial charge in [-0.05, 0) is 106 Å². The van der Waals surface area contributed by atoms with Crippen LogP contribution in [0.3, 0.4) is 0 Å². The Morgan fingerprint density at radius 1 is 0.855 bits per heavy atom. The number of likely N-dealkylation sites (N-methyl/N-ethyl adjacent to an activating group) is 1. The van der Waals surface area contributed by atoms with Gasteiger partial charge in [-0.3, -0.25) is 4.79 Å². The highest BCUT2D eigenvalue weighted by molar-refractivity contribution is 9.10. The molecule has 2 fully saturated rings. The summed E-state index contributed by atoms with van der Waals surface area (Å²) in [6, 6.07) is 14.2. The van der Waals surface area contributed by atoms with Crippen LogP contribution in [0, 0.1) is 12.1 Å². The molecule has 62 heavy (non-hydrogen) atoms. The number of aromatic nitrogens is 7. The lowest BCUT2D eigenvalue weighted by molar-refractivity contribution is -0.606. The lowest BCUT2D eigenvalue weighted by atomic mass is 9.86. The van der Waals surface area contributed by atoms with Gasteiger partial charge in [0.25, 0.3) is 0 Å². The average molecular weight is 911 g/mol. The minimum absolute atomic E-state index is 0.0279. The third-order valence-corrected chi connectivity index (χ3v) is 12.5. The molecule has 17 nitrogen and oxygen atoms in total. The number of nitrogens with one attached hydrogen (secondary N) is 3. The predicted octanol–water partition coefficient (Wildman–Crippen LogP) is 5.08. The number of hydrogen-bond donors (Lipinski definition) is 5. The quantitative estimate of drug-likeness (QED) is 0.0640. The summed E-state index contributed by atoms with van der Waals surface area (Å²) < 4.78 is 5.24. The van der Waals surface area contributed by atoms with E-state index in [0.717, 1.165) is 105 Å². The molecule has 2 aliphatic rings. The number of hydrogen-bond acceptors (Lipinski definition) is 13. The van der Waals surface area contributed by atoms with E-state index in [1.54, 1.807) is 23.1 Å². The Kier molecular flexibility index (Phi) is 13.4. The first kappa shape index (κ1) is 43.1. The summed E-state index contributed by atoms with van der Waals surface area (Å²) in [5, 5.41) is 52.5. The van der Waals surface area contributed by atoms with Crippen LogP contribution in [0.4, 0.5) is 29.0 Å². The van der Waals surface area contributed by atoms with Crippen molar-refractivity contribution >= 4 is 62.1 Å². The molecule has 6 aromatic rings. The number of anilines is 5. The largest absolute Gasteiger partial charge is 0.619 e. The first-order valence-corrected chi connectivity index (χ1v) is 22.2. The molecule has 0 bridgehead atoms. The smallest absolute Gasteiger partial charge is 0.238 e. The number of pyridine rings is 1. The summed E-state index contributed by atoms with van der Waals surface area (Å²) in [5.41, 5.74) is 5.93. The van der Waals surface area contributed by atoms with Gasteiger partial charge in [0.05, 0.1) is 23.4 Å². The summed E-state index contributed by atoms with van der Waals surface area (Å²) in [5.74, 6) is 3.09. The Labute approximate surface area is 369 Å². The lowest BCUT2D eigenvalue weighted by Crippen LogP contribution is -2.44. The van der Waals surface area contributed by atoms with Crippen LogP contribution in [0.2, 0.25) is 0 Å². The summed E-state index contributed by atoms with van der Waals surface area (Å²) in [6.07, 6.45) is 13.0. The topological polar surface area (TPSA) is 191 Å². The molecule has 1 amide bonds. The highest BCUT2D eigenvalue weighted by atomic mass is 79.9. The first-order valence-electron chi connectivity index (χ1n) is 21.5. The molecule has 5 aromatic heterocycles. The number of aryl methyl sites for hydroxylation is 1. The van der Waals surface area contributed by atoms with E-state index in [2.05, 4.69) is 57.9 Å². The van der Waals surface area contributed by atoms with Crippen LogP contribution in [0.1, 0.15) is 73.1 Å².